The van der Waals surface area contributed by atoms with Crippen molar-refractivity contribution in [1.29, 1.82) is 0 Å². The molecule has 0 atom stereocenters. The Morgan fingerprint density at radius 3 is 1.33 bits per heavy atom. The van der Waals surface area contributed by atoms with E-state index < -0.39 is 44.2 Å². The van der Waals surface area contributed by atoms with Crippen LogP contribution < -0.4 is 0 Å². The molecule has 0 aromatic rings. The van der Waals surface area contributed by atoms with Crippen LogP contribution in [0.5, 0.6) is 0 Å². The second-order valence-corrected chi connectivity index (χ2v) is 4.19. The van der Waals surface area contributed by atoms with Crippen LogP contribution in [0, 0.1) is 0 Å². The molecule has 0 aromatic carbocycles. The standard InChI is InChI=1S/C6H9O10P.Al.3Na.6H/c7-3(8)1-6(5(11)12,2-4(9)10)16-17(13,14)15;;;;;;;;;;/h1-2H2,(H,7,8)(H,9,10)(H,11,12)(H2,13,14,15);;;;;;;;;;. The molecule has 0 saturated carbocycles. The third-order valence-corrected chi connectivity index (χ3v) is 2.14. The van der Waals surface area contributed by atoms with E-state index in [9.17, 15) is 18.9 Å². The number of carboxylic acids is 3. The molecule has 110 valence electrons. The average molecular weight is 374 g/mol. The van der Waals surface area contributed by atoms with E-state index in [0.29, 0.717) is 0 Å². The average Bonchev–Trinajstić information content (AvgIpc) is 1.96. The zero-order valence-electron chi connectivity index (χ0n) is 8.14. The molecule has 5 N–H and O–H groups in total. The van der Waals surface area contributed by atoms with E-state index >= 15 is 0 Å². The molecular weight excluding hydrogens is 359 g/mol. The van der Waals surface area contributed by atoms with Gasteiger partial charge in [0.15, 0.2) is 23.0 Å². The molecule has 0 radical (unpaired) electrons. The van der Waals surface area contributed by atoms with Gasteiger partial charge in [0.25, 0.3) is 0 Å². The van der Waals surface area contributed by atoms with Gasteiger partial charge in [-0.15, -0.1) is 0 Å². The quantitative estimate of drug-likeness (QED) is 0.216. The predicted molar refractivity (Wildman–Crippen MR) is 79.4 cm³/mol. The maximum absolute atomic E-state index is 10.8. The van der Waals surface area contributed by atoms with Gasteiger partial charge in [0.1, 0.15) is 0 Å². The number of carboxylic acid groups (broad SMARTS) is 3. The van der Waals surface area contributed by atoms with Gasteiger partial charge in [-0.3, -0.25) is 14.1 Å². The summed E-state index contributed by atoms with van der Waals surface area (Å²) in [5.41, 5.74) is -3.02. The Hall–Kier alpha value is 2.05. The molecule has 0 aliphatic heterocycles. The summed E-state index contributed by atoms with van der Waals surface area (Å²) in [4.78, 5) is 48.5. The molecule has 0 saturated heterocycles. The molecule has 0 amide bonds. The minimum atomic E-state index is -5.36. The number of aliphatic carboxylic acids is 3. The molecule has 0 bridgehead atoms. The Morgan fingerprint density at radius 1 is 0.905 bits per heavy atom. The van der Waals surface area contributed by atoms with Gasteiger partial charge in [0.05, 0.1) is 12.8 Å². The molecule has 0 aliphatic carbocycles. The van der Waals surface area contributed by atoms with E-state index in [1.165, 1.54) is 0 Å². The molecule has 0 rings (SSSR count). The van der Waals surface area contributed by atoms with E-state index in [1.807, 2.05) is 0 Å². The summed E-state index contributed by atoms with van der Waals surface area (Å²) in [6, 6.07) is 0. The summed E-state index contributed by atoms with van der Waals surface area (Å²) in [6.45, 7) is 0. The van der Waals surface area contributed by atoms with Gasteiger partial charge < -0.3 is 25.1 Å². The van der Waals surface area contributed by atoms with Crippen molar-refractivity contribution in [2.45, 2.75) is 18.4 Å². The van der Waals surface area contributed by atoms with Crippen LogP contribution in [0.4, 0.5) is 0 Å². The van der Waals surface area contributed by atoms with E-state index in [4.69, 9.17) is 25.1 Å². The van der Waals surface area contributed by atoms with Crippen molar-refractivity contribution in [3.63, 3.8) is 0 Å². The number of phosphoric ester groups is 1. The summed E-state index contributed by atoms with van der Waals surface area (Å²) in [6.07, 6.45) is -2.81. The zero-order valence-corrected chi connectivity index (χ0v) is 9.03. The van der Waals surface area contributed by atoms with Crippen LogP contribution in [-0.2, 0) is 23.5 Å². The minimum absolute atomic E-state index is 0. The third-order valence-electron chi connectivity index (χ3n) is 1.56. The van der Waals surface area contributed by atoms with Crippen LogP contribution in [-0.4, -0.2) is 155 Å². The molecule has 21 heavy (non-hydrogen) atoms. The monoisotopic (exact) mass is 374 g/mol. The number of hydrogen-bond acceptors (Lipinski definition) is 5. The molecule has 0 spiro atoms. The van der Waals surface area contributed by atoms with Crippen molar-refractivity contribution in [3.8, 4) is 0 Å². The van der Waals surface area contributed by atoms with Gasteiger partial charge in [-0.05, 0) is 0 Å². The molecule has 0 heterocycles. The first-order valence-corrected chi connectivity index (χ1v) is 5.45. The fourth-order valence-electron chi connectivity index (χ4n) is 1.03. The fourth-order valence-corrected chi connectivity index (χ4v) is 1.70. The first kappa shape index (κ1) is 34.4. The Morgan fingerprint density at radius 2 is 1.19 bits per heavy atom. The fraction of sp³-hybridized carbons (Fsp3) is 0.500. The van der Waals surface area contributed by atoms with E-state index in [-0.39, 0.29) is 106 Å². The van der Waals surface area contributed by atoms with E-state index in [1.54, 1.807) is 0 Å². The van der Waals surface area contributed by atoms with Gasteiger partial charge in [-0.2, -0.15) is 0 Å². The molecule has 10 nitrogen and oxygen atoms in total. The molecule has 0 fully saturated rings. The summed E-state index contributed by atoms with van der Waals surface area (Å²) in [7, 11) is -5.36. The molecule has 0 aromatic heterocycles. The van der Waals surface area contributed by atoms with Crippen LogP contribution in [0.25, 0.3) is 0 Å². The zero-order chi connectivity index (χ0) is 13.9. The number of rotatable bonds is 7. The van der Waals surface area contributed by atoms with Gasteiger partial charge in [0.2, 0.25) is 0 Å². The number of hydrogen-bond donors (Lipinski definition) is 5. The van der Waals surface area contributed by atoms with Gasteiger partial charge in [-0.25, -0.2) is 9.36 Å². The topological polar surface area (TPSA) is 179 Å². The Labute approximate surface area is 196 Å². The van der Waals surface area contributed by atoms with Crippen LogP contribution in [0.1, 0.15) is 12.8 Å². The summed E-state index contributed by atoms with van der Waals surface area (Å²) in [5.74, 6) is -5.64. The second kappa shape index (κ2) is 14.4. The van der Waals surface area contributed by atoms with Crippen LogP contribution >= 0.6 is 7.82 Å². The van der Waals surface area contributed by atoms with Crippen LogP contribution in [0.15, 0.2) is 0 Å². The summed E-state index contributed by atoms with van der Waals surface area (Å²) < 4.78 is 14.4. The third kappa shape index (κ3) is 15.3. The number of phosphoric acid groups is 1. The Balaban J connectivity index is -0.000000213. The molecule has 0 unspecified atom stereocenters. The van der Waals surface area contributed by atoms with Crippen molar-refractivity contribution < 1.29 is 48.6 Å². The predicted octanol–water partition coefficient (Wildman–Crippen LogP) is -4.26. The summed E-state index contributed by atoms with van der Waals surface area (Å²) >= 11 is 0. The van der Waals surface area contributed by atoms with E-state index in [0.717, 1.165) is 0 Å². The number of carbonyl (C=O) groups is 3. The normalized spacial score (nSPS) is 9.81. The molecule has 15 heteroatoms. The van der Waals surface area contributed by atoms with Gasteiger partial charge in [0, 0.05) is 0 Å². The SMILES string of the molecule is O=C(O)CC(CC(=O)O)(OP(=O)(O)O)C(=O)O.[AlH3].[NaH].[NaH].[NaH]. The molecule has 0 aliphatic rings. The first-order chi connectivity index (χ1) is 7.48. The van der Waals surface area contributed by atoms with Crippen molar-refractivity contribution >= 4 is 132 Å². The Kier molecular flexibility index (Phi) is 23.6. The summed E-state index contributed by atoms with van der Waals surface area (Å²) in [5, 5.41) is 25.5. The maximum atomic E-state index is 10.8. The van der Waals surface area contributed by atoms with Crippen molar-refractivity contribution in [2.24, 2.45) is 0 Å². The first-order valence-electron chi connectivity index (χ1n) is 3.92. The second-order valence-electron chi connectivity index (χ2n) is 3.02. The van der Waals surface area contributed by atoms with Crippen LogP contribution in [0.2, 0.25) is 0 Å². The van der Waals surface area contributed by atoms with Gasteiger partial charge in [-0.1, -0.05) is 0 Å². The van der Waals surface area contributed by atoms with Gasteiger partial charge >= 0.3 is 114 Å². The van der Waals surface area contributed by atoms with E-state index in [2.05, 4.69) is 4.52 Å². The van der Waals surface area contributed by atoms with Crippen molar-refractivity contribution in [1.82, 2.24) is 0 Å². The molecular formula is C6H15AlNa3O10P. The Bertz CT molecular complexity index is 382. The van der Waals surface area contributed by atoms with Crippen molar-refractivity contribution in [3.05, 3.63) is 0 Å². The van der Waals surface area contributed by atoms with Crippen LogP contribution in [0.3, 0.4) is 0 Å². The van der Waals surface area contributed by atoms with Crippen molar-refractivity contribution in [2.75, 3.05) is 0 Å².